The van der Waals surface area contributed by atoms with Gasteiger partial charge in [0.05, 0.1) is 12.2 Å². The van der Waals surface area contributed by atoms with Crippen molar-refractivity contribution in [1.29, 1.82) is 0 Å². The summed E-state index contributed by atoms with van der Waals surface area (Å²) >= 11 is 0. The maximum Gasteiger partial charge on any atom is 0.0724 e. The monoisotopic (exact) mass is 318 g/mol. The first kappa shape index (κ1) is 16.1. The molecule has 2 N–H and O–H groups in total. The first-order valence-corrected chi connectivity index (χ1v) is 9.93. The molecule has 0 aromatic heterocycles. The van der Waals surface area contributed by atoms with Crippen LogP contribution in [0.4, 0.5) is 0 Å². The van der Waals surface area contributed by atoms with Crippen LogP contribution in [0.3, 0.4) is 0 Å². The number of allylic oxidation sites excluding steroid dienone is 1. The van der Waals surface area contributed by atoms with Gasteiger partial charge in [-0.15, -0.1) is 0 Å². The van der Waals surface area contributed by atoms with Crippen molar-refractivity contribution in [2.45, 2.75) is 84.3 Å². The SMILES string of the molecule is CC(O)[C@H]1CCC2C3CCC4=C[C@@H](O)CC[C@]4(C)C3CC[C@@]21C. The lowest BCUT2D eigenvalue weighted by molar-refractivity contribution is -0.0725. The number of aliphatic hydroxyl groups excluding tert-OH is 2. The second kappa shape index (κ2) is 5.33. The highest BCUT2D eigenvalue weighted by molar-refractivity contribution is 5.25. The van der Waals surface area contributed by atoms with Crippen LogP contribution in [0.2, 0.25) is 0 Å². The van der Waals surface area contributed by atoms with Gasteiger partial charge in [0.1, 0.15) is 0 Å². The van der Waals surface area contributed by atoms with Gasteiger partial charge in [-0.05, 0) is 92.8 Å². The minimum absolute atomic E-state index is 0.152. The second-order valence-electron chi connectivity index (χ2n) is 9.60. The highest BCUT2D eigenvalue weighted by Gasteiger charge is 2.59. The van der Waals surface area contributed by atoms with Gasteiger partial charge in [0.15, 0.2) is 0 Å². The Morgan fingerprint density at radius 2 is 1.83 bits per heavy atom. The first-order valence-electron chi connectivity index (χ1n) is 9.93. The van der Waals surface area contributed by atoms with Gasteiger partial charge in [0, 0.05) is 0 Å². The highest BCUT2D eigenvalue weighted by Crippen LogP contribution is 2.67. The van der Waals surface area contributed by atoms with E-state index in [0.29, 0.717) is 16.7 Å². The molecule has 3 saturated carbocycles. The summed E-state index contributed by atoms with van der Waals surface area (Å²) < 4.78 is 0. The zero-order valence-electron chi connectivity index (χ0n) is 15.1. The Labute approximate surface area is 141 Å². The van der Waals surface area contributed by atoms with Gasteiger partial charge in [-0.1, -0.05) is 25.5 Å². The molecule has 23 heavy (non-hydrogen) atoms. The van der Waals surface area contributed by atoms with Gasteiger partial charge in [-0.3, -0.25) is 0 Å². The topological polar surface area (TPSA) is 40.5 Å². The van der Waals surface area contributed by atoms with Gasteiger partial charge >= 0.3 is 0 Å². The van der Waals surface area contributed by atoms with Crippen LogP contribution in [0.25, 0.3) is 0 Å². The predicted molar refractivity (Wildman–Crippen MR) is 92.9 cm³/mol. The zero-order valence-corrected chi connectivity index (χ0v) is 15.1. The molecule has 0 spiro atoms. The molecule has 4 aliphatic rings. The van der Waals surface area contributed by atoms with Gasteiger partial charge in [-0.2, -0.15) is 0 Å². The van der Waals surface area contributed by atoms with Crippen molar-refractivity contribution < 1.29 is 10.2 Å². The fourth-order valence-corrected chi connectivity index (χ4v) is 7.54. The zero-order chi connectivity index (χ0) is 16.4. The molecule has 130 valence electrons. The summed E-state index contributed by atoms with van der Waals surface area (Å²) in [5, 5.41) is 20.3. The smallest absolute Gasteiger partial charge is 0.0724 e. The summed E-state index contributed by atoms with van der Waals surface area (Å²) in [6.07, 6.45) is 11.6. The molecule has 0 bridgehead atoms. The lowest BCUT2D eigenvalue weighted by atomic mass is 9.46. The molecule has 4 unspecified atom stereocenters. The third kappa shape index (κ3) is 2.20. The molecule has 0 aliphatic heterocycles. The molecule has 0 saturated heterocycles. The van der Waals surface area contributed by atoms with Crippen LogP contribution in [-0.4, -0.2) is 22.4 Å². The third-order valence-electron chi connectivity index (χ3n) is 8.74. The van der Waals surface area contributed by atoms with Crippen LogP contribution >= 0.6 is 0 Å². The Morgan fingerprint density at radius 3 is 2.57 bits per heavy atom. The van der Waals surface area contributed by atoms with Gasteiger partial charge in [0.25, 0.3) is 0 Å². The van der Waals surface area contributed by atoms with Crippen molar-refractivity contribution in [3.8, 4) is 0 Å². The van der Waals surface area contributed by atoms with E-state index in [4.69, 9.17) is 0 Å². The van der Waals surface area contributed by atoms with E-state index in [-0.39, 0.29) is 12.2 Å². The summed E-state index contributed by atoms with van der Waals surface area (Å²) in [7, 11) is 0. The van der Waals surface area contributed by atoms with E-state index in [1.807, 2.05) is 6.92 Å². The van der Waals surface area contributed by atoms with Crippen LogP contribution in [0.15, 0.2) is 11.6 Å². The lowest BCUT2D eigenvalue weighted by Crippen LogP contribution is -2.51. The van der Waals surface area contributed by atoms with Crippen LogP contribution in [0, 0.1) is 34.5 Å². The van der Waals surface area contributed by atoms with E-state index in [0.717, 1.165) is 24.2 Å². The number of aliphatic hydroxyl groups is 2. The fraction of sp³-hybridized carbons (Fsp3) is 0.905. The Bertz CT molecular complexity index is 510. The van der Waals surface area contributed by atoms with Crippen LogP contribution in [0.1, 0.15) is 72.1 Å². The summed E-state index contributed by atoms with van der Waals surface area (Å²) in [6.45, 7) is 6.98. The average molecular weight is 319 g/mol. The van der Waals surface area contributed by atoms with Crippen molar-refractivity contribution in [2.24, 2.45) is 34.5 Å². The minimum Gasteiger partial charge on any atom is -0.393 e. The maximum absolute atomic E-state index is 10.3. The van der Waals surface area contributed by atoms with Crippen molar-refractivity contribution in [3.63, 3.8) is 0 Å². The second-order valence-corrected chi connectivity index (χ2v) is 9.60. The number of hydrogen-bond acceptors (Lipinski definition) is 2. The van der Waals surface area contributed by atoms with Crippen molar-refractivity contribution >= 4 is 0 Å². The summed E-state index contributed by atoms with van der Waals surface area (Å²) in [6, 6.07) is 0. The number of fused-ring (bicyclic) bond motifs is 5. The van der Waals surface area contributed by atoms with E-state index < -0.39 is 0 Å². The summed E-state index contributed by atoms with van der Waals surface area (Å²) in [5.41, 5.74) is 2.26. The van der Waals surface area contributed by atoms with E-state index in [9.17, 15) is 10.2 Å². The van der Waals surface area contributed by atoms with Crippen LogP contribution in [0.5, 0.6) is 0 Å². The minimum atomic E-state index is -0.199. The van der Waals surface area contributed by atoms with Crippen molar-refractivity contribution in [1.82, 2.24) is 0 Å². The molecule has 0 radical (unpaired) electrons. The molecular weight excluding hydrogens is 284 g/mol. The summed E-state index contributed by atoms with van der Waals surface area (Å²) in [5.74, 6) is 2.97. The van der Waals surface area contributed by atoms with Crippen molar-refractivity contribution in [3.05, 3.63) is 11.6 Å². The molecular formula is C21H34O2. The fourth-order valence-electron chi connectivity index (χ4n) is 7.54. The molecule has 0 aromatic rings. The molecule has 0 amide bonds. The Kier molecular flexibility index (Phi) is 3.74. The molecule has 0 aromatic carbocycles. The Hall–Kier alpha value is -0.340. The molecule has 0 heterocycles. The maximum atomic E-state index is 10.3. The lowest BCUT2D eigenvalue weighted by Gasteiger charge is -2.58. The Morgan fingerprint density at radius 1 is 1.04 bits per heavy atom. The van der Waals surface area contributed by atoms with E-state index >= 15 is 0 Å². The third-order valence-corrected chi connectivity index (χ3v) is 8.74. The van der Waals surface area contributed by atoms with Gasteiger partial charge in [0.2, 0.25) is 0 Å². The quantitative estimate of drug-likeness (QED) is 0.707. The largest absolute Gasteiger partial charge is 0.393 e. The number of hydrogen-bond donors (Lipinski definition) is 2. The molecule has 4 rings (SSSR count). The molecule has 4 aliphatic carbocycles. The molecule has 8 atom stereocenters. The molecule has 2 nitrogen and oxygen atoms in total. The van der Waals surface area contributed by atoms with E-state index in [1.54, 1.807) is 5.57 Å². The first-order chi connectivity index (χ1) is 10.9. The average Bonchev–Trinajstić information content (AvgIpc) is 2.85. The van der Waals surface area contributed by atoms with Crippen molar-refractivity contribution in [2.75, 3.05) is 0 Å². The van der Waals surface area contributed by atoms with E-state index in [1.165, 1.54) is 44.9 Å². The summed E-state index contributed by atoms with van der Waals surface area (Å²) in [4.78, 5) is 0. The van der Waals surface area contributed by atoms with Gasteiger partial charge < -0.3 is 10.2 Å². The molecule has 2 heteroatoms. The standard InChI is InChI=1S/C21H34O2/c1-13(22)17-6-7-18-16-5-4-14-12-15(23)8-10-20(14,2)19(16)9-11-21(17,18)3/h12-13,15-19,22-23H,4-11H2,1-3H3/t13?,15-,16?,17+,18?,19?,20-,21+/m0/s1. The van der Waals surface area contributed by atoms with Crippen LogP contribution < -0.4 is 0 Å². The Balaban J connectivity index is 1.64. The number of rotatable bonds is 1. The molecule has 3 fully saturated rings. The van der Waals surface area contributed by atoms with E-state index in [2.05, 4.69) is 19.9 Å². The predicted octanol–water partition coefficient (Wildman–Crippen LogP) is 4.31. The normalized spacial score (nSPS) is 53.8. The van der Waals surface area contributed by atoms with Crippen LogP contribution in [-0.2, 0) is 0 Å². The highest BCUT2D eigenvalue weighted by atomic mass is 16.3. The van der Waals surface area contributed by atoms with Gasteiger partial charge in [-0.25, -0.2) is 0 Å².